The Morgan fingerprint density at radius 3 is 1.07 bits per heavy atom. The number of rotatable bonds is 6. The largest absolute Gasteiger partial charge is 0.416 e. The number of hydrogen-bond acceptors (Lipinski definition) is 2. The Kier molecular flexibility index (Phi) is 6.30. The van der Waals surface area contributed by atoms with E-state index in [1.54, 1.807) is 97.1 Å². The molecule has 0 aromatic heterocycles. The van der Waals surface area contributed by atoms with Crippen LogP contribution in [-0.2, 0) is 12.4 Å². The van der Waals surface area contributed by atoms with Gasteiger partial charge in [-0.25, -0.2) is 0 Å². The second kappa shape index (κ2) is 13.3. The quantitative estimate of drug-likeness (QED) is 0.122. The van der Waals surface area contributed by atoms with E-state index in [0.29, 0.717) is 43.7 Å². The highest BCUT2D eigenvalue weighted by molar-refractivity contribution is 6.28. The smallest absolute Gasteiger partial charge is 0.310 e. The molecule has 10 rings (SSSR count). The van der Waals surface area contributed by atoms with Crippen LogP contribution in [0.4, 0.5) is 60.5 Å². The molecule has 0 radical (unpaired) electrons. The third-order valence-electron chi connectivity index (χ3n) is 10.3. The number of hydrogen-bond donors (Lipinski definition) is 0. The molecule has 0 unspecified atom stereocenters. The predicted octanol–water partition coefficient (Wildman–Crippen LogP) is 15.9. The van der Waals surface area contributed by atoms with Crippen molar-refractivity contribution in [2.45, 2.75) is 12.4 Å². The van der Waals surface area contributed by atoms with Crippen LogP contribution in [0.3, 0.4) is 0 Å². The first-order chi connectivity index (χ1) is 31.4. The zero-order valence-corrected chi connectivity index (χ0v) is 29.9. The van der Waals surface area contributed by atoms with E-state index in [1.165, 1.54) is 9.80 Å². The van der Waals surface area contributed by atoms with Crippen molar-refractivity contribution in [2.24, 2.45) is 0 Å². The highest BCUT2D eigenvalue weighted by Crippen LogP contribution is 2.48. The molecule has 10 aromatic rings. The molecule has 0 saturated heterocycles. The van der Waals surface area contributed by atoms with Gasteiger partial charge in [0.2, 0.25) is 0 Å². The van der Waals surface area contributed by atoms with E-state index in [4.69, 9.17) is 11.0 Å². The molecule has 0 aliphatic heterocycles. The molecule has 0 aliphatic carbocycles. The molecule has 0 N–H and O–H groups in total. The van der Waals surface area contributed by atoms with Crippen molar-refractivity contribution in [1.29, 1.82) is 0 Å². The summed E-state index contributed by atoms with van der Waals surface area (Å²) in [4.78, 5) is 2.82. The molecule has 0 aliphatic rings. The average Bonchev–Trinajstić information content (AvgIpc) is 3.29. The van der Waals surface area contributed by atoms with Crippen LogP contribution in [0.15, 0.2) is 182 Å². The first-order valence-corrected chi connectivity index (χ1v) is 18.0. The van der Waals surface area contributed by atoms with E-state index in [0.717, 1.165) is 21.5 Å². The fourth-order valence-electron chi connectivity index (χ4n) is 7.69. The van der Waals surface area contributed by atoms with Crippen LogP contribution >= 0.6 is 0 Å². The number of benzene rings is 10. The maximum absolute atomic E-state index is 14.3. The van der Waals surface area contributed by atoms with E-state index in [1.807, 2.05) is 36.4 Å². The van der Waals surface area contributed by atoms with E-state index >= 15 is 0 Å². The van der Waals surface area contributed by atoms with Gasteiger partial charge in [0.1, 0.15) is 0 Å². The van der Waals surface area contributed by atoms with Gasteiger partial charge in [0, 0.05) is 33.5 Å². The van der Waals surface area contributed by atoms with Gasteiger partial charge < -0.3 is 9.80 Å². The van der Waals surface area contributed by atoms with Gasteiger partial charge in [0.05, 0.1) is 33.5 Å². The summed E-state index contributed by atoms with van der Waals surface area (Å²) in [5.41, 5.74) is -3.06. The molecular formula is C50H30F6N2. The van der Waals surface area contributed by atoms with Crippen LogP contribution in [0, 0.1) is 0 Å². The van der Waals surface area contributed by atoms with Gasteiger partial charge in [-0.1, -0.05) is 97.1 Å². The number of fused-ring (bicyclic) bond motifs is 2. The average molecular weight is 781 g/mol. The number of nitrogens with zero attached hydrogens (tertiary/aromatic N) is 2. The first-order valence-electron chi connectivity index (χ1n) is 22.0. The standard InChI is InChI=1S/C50H30F6N2/c51-49(52,53)37-15-21-39(22-16-37)57(41-19-9-31-5-1-3-7-35(31)29-41)45-27-13-33-12-26-44-46(28-14-34-11-25-43(45)47(33)48(34)44)58(40-23-17-38(18-24-40)50(54,55)56)42-20-10-32-6-2-4-8-36(32)30-42/h1-30H/i15D,16D,17D,18D,21D,22D,23D,24D. The fourth-order valence-corrected chi connectivity index (χ4v) is 7.69. The summed E-state index contributed by atoms with van der Waals surface area (Å²) < 4.78 is 156. The van der Waals surface area contributed by atoms with Crippen LogP contribution in [0.25, 0.3) is 53.9 Å². The summed E-state index contributed by atoms with van der Waals surface area (Å²) in [5.74, 6) is 0. The van der Waals surface area contributed by atoms with E-state index in [2.05, 4.69) is 0 Å². The monoisotopic (exact) mass is 780 g/mol. The topological polar surface area (TPSA) is 6.48 Å². The number of alkyl halides is 6. The maximum Gasteiger partial charge on any atom is 0.416 e. The highest BCUT2D eigenvalue weighted by atomic mass is 19.4. The Morgan fingerprint density at radius 1 is 0.345 bits per heavy atom. The lowest BCUT2D eigenvalue weighted by atomic mass is 9.91. The second-order valence-electron chi connectivity index (χ2n) is 13.8. The third-order valence-corrected chi connectivity index (χ3v) is 10.3. The lowest BCUT2D eigenvalue weighted by molar-refractivity contribution is -0.138. The number of halogens is 6. The molecular weight excluding hydrogens is 743 g/mol. The van der Waals surface area contributed by atoms with Crippen LogP contribution in [0.2, 0.25) is 0 Å². The predicted molar refractivity (Wildman–Crippen MR) is 225 cm³/mol. The van der Waals surface area contributed by atoms with Gasteiger partial charge in [0.25, 0.3) is 0 Å². The molecule has 8 heteroatoms. The molecule has 0 saturated carbocycles. The minimum absolute atomic E-state index is 0.284. The molecule has 2 nitrogen and oxygen atoms in total. The summed E-state index contributed by atoms with van der Waals surface area (Å²) in [6, 6.07) is 30.2. The summed E-state index contributed by atoms with van der Waals surface area (Å²) in [5, 5.41) is 6.55. The Labute approximate surface area is 340 Å². The van der Waals surface area contributed by atoms with Crippen LogP contribution in [-0.4, -0.2) is 0 Å². The summed E-state index contributed by atoms with van der Waals surface area (Å²) in [7, 11) is 0. The van der Waals surface area contributed by atoms with Gasteiger partial charge in [-0.3, -0.25) is 0 Å². The minimum Gasteiger partial charge on any atom is -0.310 e. The lowest BCUT2D eigenvalue weighted by Gasteiger charge is -2.30. The lowest BCUT2D eigenvalue weighted by Crippen LogP contribution is -2.12. The molecule has 0 amide bonds. The van der Waals surface area contributed by atoms with Gasteiger partial charge in [0.15, 0.2) is 0 Å². The van der Waals surface area contributed by atoms with E-state index in [-0.39, 0.29) is 11.4 Å². The third kappa shape index (κ3) is 6.00. The van der Waals surface area contributed by atoms with Gasteiger partial charge in [-0.05, 0) is 128 Å². The van der Waals surface area contributed by atoms with Crippen LogP contribution < -0.4 is 9.80 Å². The molecule has 58 heavy (non-hydrogen) atoms. The molecule has 0 atom stereocenters. The Balaban J connectivity index is 1.29. The molecule has 282 valence electrons. The van der Waals surface area contributed by atoms with Crippen molar-refractivity contribution in [3.63, 3.8) is 0 Å². The number of anilines is 6. The van der Waals surface area contributed by atoms with Gasteiger partial charge in [-0.2, -0.15) is 26.3 Å². The van der Waals surface area contributed by atoms with Crippen molar-refractivity contribution < 1.29 is 37.3 Å². The molecule has 0 spiro atoms. The SMILES string of the molecule is [2H]c1c([2H])c(C(F)(F)F)c([2H])c([2H])c1N(c1ccc2ccccc2c1)c1ccc2ccc3c(N(c4ccc5ccccc5c4)c4c([2H])c([2H])c(C(F)(F)F)c([2H])c4[2H])ccc4ccc1c2c43. The second-order valence-corrected chi connectivity index (χ2v) is 13.8. The van der Waals surface area contributed by atoms with Crippen molar-refractivity contribution in [3.8, 4) is 0 Å². The Bertz CT molecular complexity index is 3350. The van der Waals surface area contributed by atoms with Crippen molar-refractivity contribution >= 4 is 88.0 Å². The van der Waals surface area contributed by atoms with E-state index in [9.17, 15) is 26.3 Å². The summed E-state index contributed by atoms with van der Waals surface area (Å²) in [6.07, 6.45) is -10.4. The zero-order chi connectivity index (χ0) is 46.7. The van der Waals surface area contributed by atoms with Crippen LogP contribution in [0.5, 0.6) is 0 Å². The first kappa shape index (κ1) is 27.5. The fraction of sp³-hybridized carbons (Fsp3) is 0.0400. The summed E-state index contributed by atoms with van der Waals surface area (Å²) >= 11 is 0. The molecule has 10 aromatic carbocycles. The van der Waals surface area contributed by atoms with Crippen molar-refractivity contribution in [1.82, 2.24) is 0 Å². The Hall–Kier alpha value is -7.06. The highest BCUT2D eigenvalue weighted by Gasteiger charge is 2.32. The molecule has 0 heterocycles. The van der Waals surface area contributed by atoms with Crippen molar-refractivity contribution in [3.05, 3.63) is 193 Å². The van der Waals surface area contributed by atoms with E-state index < -0.39 is 83.2 Å². The van der Waals surface area contributed by atoms with Gasteiger partial charge in [-0.15, -0.1) is 0 Å². The van der Waals surface area contributed by atoms with Crippen molar-refractivity contribution in [2.75, 3.05) is 9.80 Å². The van der Waals surface area contributed by atoms with Crippen LogP contribution in [0.1, 0.15) is 22.1 Å². The normalized spacial score (nSPS) is 14.2. The maximum atomic E-state index is 14.3. The summed E-state index contributed by atoms with van der Waals surface area (Å²) in [6.45, 7) is 0. The minimum atomic E-state index is -5.19. The van der Waals surface area contributed by atoms with Gasteiger partial charge >= 0.3 is 12.4 Å². The molecule has 0 fully saturated rings. The molecule has 0 bridgehead atoms. The zero-order valence-electron chi connectivity index (χ0n) is 37.9. The Morgan fingerprint density at radius 2 is 0.690 bits per heavy atom.